The van der Waals surface area contributed by atoms with Gasteiger partial charge in [-0.25, -0.2) is 22.2 Å². The van der Waals surface area contributed by atoms with E-state index in [1.807, 2.05) is 12.1 Å². The summed E-state index contributed by atoms with van der Waals surface area (Å²) in [7, 11) is -3.99. The number of nitrogens with zero attached hydrogens (tertiary/aromatic N) is 3. The lowest BCUT2D eigenvalue weighted by Crippen LogP contribution is -2.46. The molecule has 2 aliphatic heterocycles. The molecule has 1 unspecified atom stereocenters. The fraction of sp³-hybridized carbons (Fsp3) is 0.462. The molecule has 5 rings (SSSR count). The lowest BCUT2D eigenvalue weighted by molar-refractivity contribution is -0.123. The minimum absolute atomic E-state index is 0.0593. The van der Waals surface area contributed by atoms with Crippen molar-refractivity contribution in [3.8, 4) is 0 Å². The predicted octanol–water partition coefficient (Wildman–Crippen LogP) is 4.75. The summed E-state index contributed by atoms with van der Waals surface area (Å²) in [6.07, 6.45) is 3.33. The standard InChI is InChI=1S/C26H29F2N3O4S2/c1-2-17-5-8-23-24(14-17)36-26(29-23)31(16-19-4-3-13-35-19)25(32)18-9-11-30(12-10-18)37(33,34)20-6-7-21(27)22(28)15-20/h5-8,14-15,18-19H,2-4,9-13,16H2,1H3. The average molecular weight is 550 g/mol. The summed E-state index contributed by atoms with van der Waals surface area (Å²) in [5, 5.41) is 0.626. The van der Waals surface area contributed by atoms with E-state index in [2.05, 4.69) is 13.0 Å². The van der Waals surface area contributed by atoms with Gasteiger partial charge in [0.25, 0.3) is 0 Å². The number of amides is 1. The lowest BCUT2D eigenvalue weighted by Gasteiger charge is -2.33. The number of aryl methyl sites for hydroxylation is 1. The highest BCUT2D eigenvalue weighted by Crippen LogP contribution is 2.33. The number of ether oxygens (including phenoxy) is 1. The molecular formula is C26H29F2N3O4S2. The van der Waals surface area contributed by atoms with Crippen molar-refractivity contribution in [2.45, 2.75) is 50.0 Å². The Balaban J connectivity index is 1.34. The molecule has 7 nitrogen and oxygen atoms in total. The van der Waals surface area contributed by atoms with E-state index in [1.165, 1.54) is 21.2 Å². The van der Waals surface area contributed by atoms with E-state index in [1.54, 1.807) is 4.90 Å². The molecule has 1 aromatic heterocycles. The zero-order valence-electron chi connectivity index (χ0n) is 20.5. The molecule has 3 heterocycles. The smallest absolute Gasteiger partial charge is 0.243 e. The second-order valence-electron chi connectivity index (χ2n) is 9.49. The zero-order valence-corrected chi connectivity index (χ0v) is 22.2. The number of carbonyl (C=O) groups excluding carboxylic acids is 1. The Morgan fingerprint density at radius 3 is 2.59 bits per heavy atom. The van der Waals surface area contributed by atoms with Gasteiger partial charge in [0.15, 0.2) is 16.8 Å². The maximum atomic E-state index is 13.8. The lowest BCUT2D eigenvalue weighted by atomic mass is 9.96. The molecule has 2 aromatic carbocycles. The topological polar surface area (TPSA) is 79.8 Å². The number of rotatable bonds is 7. The van der Waals surface area contributed by atoms with Crippen molar-refractivity contribution in [1.29, 1.82) is 0 Å². The number of piperidine rings is 1. The SMILES string of the molecule is CCc1ccc2nc(N(CC3CCCO3)C(=O)C3CCN(S(=O)(=O)c4ccc(F)c(F)c4)CC3)sc2c1. The number of hydrogen-bond donors (Lipinski definition) is 0. The van der Waals surface area contributed by atoms with E-state index in [0.717, 1.165) is 41.6 Å². The van der Waals surface area contributed by atoms with Crippen LogP contribution < -0.4 is 4.90 Å². The Labute approximate surface area is 219 Å². The molecule has 0 spiro atoms. The number of halogens is 2. The second-order valence-corrected chi connectivity index (χ2v) is 12.4. The molecule has 0 bridgehead atoms. The van der Waals surface area contributed by atoms with Gasteiger partial charge in [0.1, 0.15) is 0 Å². The molecule has 1 amide bonds. The summed E-state index contributed by atoms with van der Waals surface area (Å²) in [4.78, 5) is 19.9. The van der Waals surface area contributed by atoms with Crippen LogP contribution in [-0.2, 0) is 26.0 Å². The first-order chi connectivity index (χ1) is 17.8. The minimum atomic E-state index is -3.99. The molecule has 0 radical (unpaired) electrons. The second kappa shape index (κ2) is 10.7. The molecule has 1 atom stereocenters. The molecule has 3 aromatic rings. The monoisotopic (exact) mass is 549 g/mol. The van der Waals surface area contributed by atoms with Crippen LogP contribution in [0.15, 0.2) is 41.3 Å². The van der Waals surface area contributed by atoms with Gasteiger partial charge in [-0.3, -0.25) is 9.69 Å². The highest BCUT2D eigenvalue weighted by Gasteiger charge is 2.36. The van der Waals surface area contributed by atoms with Crippen LogP contribution in [0.25, 0.3) is 10.2 Å². The molecule has 198 valence electrons. The molecule has 2 fully saturated rings. The van der Waals surface area contributed by atoms with E-state index in [-0.39, 0.29) is 35.9 Å². The van der Waals surface area contributed by atoms with Crippen LogP contribution in [-0.4, -0.2) is 56.0 Å². The van der Waals surface area contributed by atoms with Crippen LogP contribution in [0, 0.1) is 17.6 Å². The summed E-state index contributed by atoms with van der Waals surface area (Å²) in [6.45, 7) is 3.41. The molecule has 2 aliphatic rings. The van der Waals surface area contributed by atoms with Crippen LogP contribution in [0.5, 0.6) is 0 Å². The zero-order chi connectivity index (χ0) is 26.2. The van der Waals surface area contributed by atoms with Crippen LogP contribution in [0.4, 0.5) is 13.9 Å². The van der Waals surface area contributed by atoms with Crippen molar-refractivity contribution < 1.29 is 26.7 Å². The van der Waals surface area contributed by atoms with Gasteiger partial charge in [-0.1, -0.05) is 24.3 Å². The van der Waals surface area contributed by atoms with Gasteiger partial charge in [-0.2, -0.15) is 4.31 Å². The van der Waals surface area contributed by atoms with Crippen molar-refractivity contribution in [2.75, 3.05) is 31.1 Å². The van der Waals surface area contributed by atoms with Crippen LogP contribution in [0.2, 0.25) is 0 Å². The van der Waals surface area contributed by atoms with E-state index in [4.69, 9.17) is 9.72 Å². The first-order valence-corrected chi connectivity index (χ1v) is 14.8. The summed E-state index contributed by atoms with van der Waals surface area (Å²) < 4.78 is 61.0. The Hall–Kier alpha value is -2.47. The number of benzene rings is 2. The molecule has 0 aliphatic carbocycles. The van der Waals surface area contributed by atoms with E-state index in [9.17, 15) is 22.0 Å². The van der Waals surface area contributed by atoms with Crippen LogP contribution >= 0.6 is 11.3 Å². The Bertz CT molecular complexity index is 1400. The number of carbonyl (C=O) groups is 1. The summed E-state index contributed by atoms with van der Waals surface area (Å²) >= 11 is 1.48. The maximum Gasteiger partial charge on any atom is 0.243 e. The Kier molecular flexibility index (Phi) is 7.58. The average Bonchev–Trinajstić information content (AvgIpc) is 3.57. The van der Waals surface area contributed by atoms with Crippen molar-refractivity contribution >= 4 is 42.6 Å². The number of thiazole rings is 1. The highest BCUT2D eigenvalue weighted by atomic mass is 32.2. The molecular weight excluding hydrogens is 520 g/mol. The largest absolute Gasteiger partial charge is 0.376 e. The highest BCUT2D eigenvalue weighted by molar-refractivity contribution is 7.89. The van der Waals surface area contributed by atoms with Gasteiger partial charge in [0, 0.05) is 25.6 Å². The first kappa shape index (κ1) is 26.1. The number of sulfonamides is 1. The van der Waals surface area contributed by atoms with Crippen LogP contribution in [0.1, 0.15) is 38.2 Å². The maximum absolute atomic E-state index is 13.8. The molecule has 2 saturated heterocycles. The Morgan fingerprint density at radius 2 is 1.92 bits per heavy atom. The third kappa shape index (κ3) is 5.41. The van der Waals surface area contributed by atoms with Crippen molar-refractivity contribution in [1.82, 2.24) is 9.29 Å². The number of fused-ring (bicyclic) bond motifs is 1. The van der Waals surface area contributed by atoms with Gasteiger partial charge < -0.3 is 4.74 Å². The van der Waals surface area contributed by atoms with Gasteiger partial charge >= 0.3 is 0 Å². The van der Waals surface area contributed by atoms with Gasteiger partial charge in [0.05, 0.1) is 27.8 Å². The summed E-state index contributed by atoms with van der Waals surface area (Å²) in [5.74, 6) is -2.78. The van der Waals surface area contributed by atoms with E-state index in [0.29, 0.717) is 37.2 Å². The van der Waals surface area contributed by atoms with Crippen molar-refractivity contribution in [3.63, 3.8) is 0 Å². The van der Waals surface area contributed by atoms with E-state index < -0.39 is 21.7 Å². The molecule has 0 saturated carbocycles. The minimum Gasteiger partial charge on any atom is -0.376 e. The Morgan fingerprint density at radius 1 is 1.14 bits per heavy atom. The first-order valence-electron chi connectivity index (χ1n) is 12.5. The fourth-order valence-electron chi connectivity index (χ4n) is 4.90. The van der Waals surface area contributed by atoms with Crippen LogP contribution in [0.3, 0.4) is 0 Å². The molecule has 37 heavy (non-hydrogen) atoms. The number of hydrogen-bond acceptors (Lipinski definition) is 6. The fourth-order valence-corrected chi connectivity index (χ4v) is 7.42. The predicted molar refractivity (Wildman–Crippen MR) is 138 cm³/mol. The summed E-state index contributed by atoms with van der Waals surface area (Å²) in [5.41, 5.74) is 2.05. The van der Waals surface area contributed by atoms with Gasteiger partial charge in [-0.15, -0.1) is 0 Å². The summed E-state index contributed by atoms with van der Waals surface area (Å²) in [6, 6.07) is 8.69. The third-order valence-electron chi connectivity index (χ3n) is 7.09. The quantitative estimate of drug-likeness (QED) is 0.425. The number of aromatic nitrogens is 1. The van der Waals surface area contributed by atoms with Gasteiger partial charge in [-0.05, 0) is 68.0 Å². The number of anilines is 1. The normalized spacial score (nSPS) is 19.5. The van der Waals surface area contributed by atoms with Crippen molar-refractivity contribution in [2.24, 2.45) is 5.92 Å². The third-order valence-corrected chi connectivity index (χ3v) is 10.0. The van der Waals surface area contributed by atoms with Crippen molar-refractivity contribution in [3.05, 3.63) is 53.6 Å². The van der Waals surface area contributed by atoms with E-state index >= 15 is 0 Å². The molecule has 0 N–H and O–H groups in total. The van der Waals surface area contributed by atoms with Gasteiger partial charge in [0.2, 0.25) is 15.9 Å². The molecule has 11 heteroatoms.